The van der Waals surface area contributed by atoms with Gasteiger partial charge in [-0.15, -0.1) is 0 Å². The van der Waals surface area contributed by atoms with Gasteiger partial charge in [-0.25, -0.2) is 14.0 Å². The number of aliphatic carboxylic acids is 1. The highest BCUT2D eigenvalue weighted by molar-refractivity contribution is 6.32. The molecule has 1 aromatic heterocycles. The zero-order chi connectivity index (χ0) is 22.8. The van der Waals surface area contributed by atoms with Crippen LogP contribution in [0.1, 0.15) is 46.2 Å². The first-order valence-electron chi connectivity index (χ1n) is 9.04. The van der Waals surface area contributed by atoms with Crippen LogP contribution in [0.2, 0.25) is 5.02 Å². The molecule has 2 aromatic rings. The third kappa shape index (κ3) is 5.07. The van der Waals surface area contributed by atoms with Crippen LogP contribution in [-0.2, 0) is 16.0 Å². The number of nitrogens with one attached hydrogen (secondary N) is 1. The maximum absolute atomic E-state index is 15.0. The Labute approximate surface area is 178 Å². The fraction of sp³-hybridized carbons (Fsp3) is 0.400. The number of hydrogen-bond acceptors (Lipinski definition) is 4. The van der Waals surface area contributed by atoms with E-state index in [4.69, 9.17) is 28.0 Å². The third-order valence-electron chi connectivity index (χ3n) is 3.86. The highest BCUT2D eigenvalue weighted by Gasteiger charge is 2.27. The second kappa shape index (κ2) is 8.71. The number of carboxylic acid groups (broad SMARTS) is 1. The molecule has 8 nitrogen and oxygen atoms in total. The van der Waals surface area contributed by atoms with E-state index in [1.165, 1.54) is 16.8 Å². The van der Waals surface area contributed by atoms with Crippen molar-refractivity contribution >= 4 is 35.2 Å². The summed E-state index contributed by atoms with van der Waals surface area (Å²) in [6.45, 7) is 16.2. The summed E-state index contributed by atoms with van der Waals surface area (Å²) in [5, 5.41) is 15.4. The molecule has 2 N–H and O–H groups in total. The van der Waals surface area contributed by atoms with Gasteiger partial charge in [0.2, 0.25) is 0 Å². The van der Waals surface area contributed by atoms with Crippen molar-refractivity contribution in [3.05, 3.63) is 40.0 Å². The second-order valence-electron chi connectivity index (χ2n) is 7.79. The number of carbonyl (C=O) groups excluding carboxylic acids is 1. The number of aromatic nitrogens is 2. The minimum absolute atomic E-state index is 0.0222. The standard InChI is InChI=1S/C20H22ClFN4O4/c1-10(2)26-18(24-19(29)30-20(3,4)5)17(23-6)16(25-26)12-8-7-11(9-13(27)28)14(21)15(12)22/h7-8,10H,9H2,1-5H3,(H,24,29)(H,27,28). The van der Waals surface area contributed by atoms with Gasteiger partial charge in [0.25, 0.3) is 5.69 Å². The predicted octanol–water partition coefficient (Wildman–Crippen LogP) is 5.45. The maximum Gasteiger partial charge on any atom is 0.412 e. The van der Waals surface area contributed by atoms with E-state index in [2.05, 4.69) is 15.3 Å². The molecule has 1 aromatic carbocycles. The molecule has 1 heterocycles. The summed E-state index contributed by atoms with van der Waals surface area (Å²) in [6, 6.07) is 2.42. The van der Waals surface area contributed by atoms with Crippen LogP contribution in [0.25, 0.3) is 16.1 Å². The Kier molecular flexibility index (Phi) is 6.73. The molecule has 30 heavy (non-hydrogen) atoms. The normalized spacial score (nSPS) is 11.3. The van der Waals surface area contributed by atoms with Gasteiger partial charge in [0, 0.05) is 11.6 Å². The molecule has 160 valence electrons. The van der Waals surface area contributed by atoms with E-state index < -0.39 is 29.9 Å². The van der Waals surface area contributed by atoms with E-state index in [0.29, 0.717) is 0 Å². The van der Waals surface area contributed by atoms with Crippen LogP contribution >= 0.6 is 11.6 Å². The molecule has 10 heteroatoms. The molecule has 0 fully saturated rings. The molecule has 0 unspecified atom stereocenters. The minimum atomic E-state index is -1.15. The minimum Gasteiger partial charge on any atom is -0.481 e. The molecular formula is C20H22ClFN4O4. The molecule has 0 aliphatic heterocycles. The van der Waals surface area contributed by atoms with E-state index in [1.54, 1.807) is 34.6 Å². The molecule has 0 aliphatic rings. The predicted molar refractivity (Wildman–Crippen MR) is 110 cm³/mol. The Bertz CT molecular complexity index is 1030. The summed E-state index contributed by atoms with van der Waals surface area (Å²) < 4.78 is 21.6. The Morgan fingerprint density at radius 1 is 1.40 bits per heavy atom. The quantitative estimate of drug-likeness (QED) is 0.607. The smallest absolute Gasteiger partial charge is 0.412 e. The highest BCUT2D eigenvalue weighted by Crippen LogP contribution is 2.41. The number of benzene rings is 1. The van der Waals surface area contributed by atoms with Crippen molar-refractivity contribution in [2.45, 2.75) is 52.7 Å². The number of halogens is 2. The summed E-state index contributed by atoms with van der Waals surface area (Å²) in [7, 11) is 0. The van der Waals surface area contributed by atoms with E-state index >= 15 is 0 Å². The van der Waals surface area contributed by atoms with Gasteiger partial charge in [-0.2, -0.15) is 5.10 Å². The van der Waals surface area contributed by atoms with Crippen molar-refractivity contribution in [1.29, 1.82) is 0 Å². The monoisotopic (exact) mass is 436 g/mol. The molecular weight excluding hydrogens is 415 g/mol. The van der Waals surface area contributed by atoms with Crippen LogP contribution in [-0.4, -0.2) is 32.6 Å². The number of rotatable bonds is 5. The molecule has 0 atom stereocenters. The number of amides is 1. The van der Waals surface area contributed by atoms with Crippen LogP contribution < -0.4 is 5.32 Å². The lowest BCUT2D eigenvalue weighted by Crippen LogP contribution is -2.28. The molecule has 0 aliphatic carbocycles. The van der Waals surface area contributed by atoms with Crippen molar-refractivity contribution < 1.29 is 23.8 Å². The van der Waals surface area contributed by atoms with Crippen LogP contribution in [0, 0.1) is 12.4 Å². The van der Waals surface area contributed by atoms with Crippen molar-refractivity contribution in [3.63, 3.8) is 0 Å². The van der Waals surface area contributed by atoms with Gasteiger partial charge in [-0.1, -0.05) is 23.7 Å². The maximum atomic E-state index is 15.0. The molecule has 0 spiro atoms. The van der Waals surface area contributed by atoms with Crippen molar-refractivity contribution in [3.8, 4) is 11.3 Å². The SMILES string of the molecule is [C-]#[N+]c1c(-c2ccc(CC(=O)O)c(Cl)c2F)nn(C(C)C)c1NC(=O)OC(C)(C)C. The summed E-state index contributed by atoms with van der Waals surface area (Å²) in [5.41, 5.74) is -0.841. The fourth-order valence-corrected chi connectivity index (χ4v) is 2.91. The van der Waals surface area contributed by atoms with Gasteiger partial charge in [0.15, 0.2) is 0 Å². The lowest BCUT2D eigenvalue weighted by Gasteiger charge is -2.20. The summed E-state index contributed by atoms with van der Waals surface area (Å²) in [5.74, 6) is -1.98. The van der Waals surface area contributed by atoms with E-state index in [9.17, 15) is 14.0 Å². The molecule has 2 rings (SSSR count). The van der Waals surface area contributed by atoms with E-state index in [0.717, 1.165) is 0 Å². The summed E-state index contributed by atoms with van der Waals surface area (Å²) in [6.07, 6.45) is -1.23. The lowest BCUT2D eigenvalue weighted by atomic mass is 10.1. The van der Waals surface area contributed by atoms with Crippen molar-refractivity contribution in [1.82, 2.24) is 9.78 Å². The molecule has 0 radical (unpaired) electrons. The first-order chi connectivity index (χ1) is 13.9. The van der Waals surface area contributed by atoms with Gasteiger partial charge in [-0.05, 0) is 40.2 Å². The van der Waals surface area contributed by atoms with Gasteiger partial charge < -0.3 is 9.84 Å². The highest BCUT2D eigenvalue weighted by atomic mass is 35.5. The van der Waals surface area contributed by atoms with Gasteiger partial charge in [0.05, 0.1) is 18.0 Å². The molecule has 0 saturated heterocycles. The van der Waals surface area contributed by atoms with Crippen molar-refractivity contribution in [2.24, 2.45) is 0 Å². The number of ether oxygens (including phenoxy) is 1. The summed E-state index contributed by atoms with van der Waals surface area (Å²) >= 11 is 6.01. The molecule has 0 bridgehead atoms. The Balaban J connectivity index is 2.60. The Hall–Kier alpha value is -3.12. The third-order valence-corrected chi connectivity index (χ3v) is 4.27. The zero-order valence-corrected chi connectivity index (χ0v) is 18.0. The number of hydrogen-bond donors (Lipinski definition) is 2. The number of carbonyl (C=O) groups is 2. The lowest BCUT2D eigenvalue weighted by molar-refractivity contribution is -0.136. The average Bonchev–Trinajstić information content (AvgIpc) is 2.95. The summed E-state index contributed by atoms with van der Waals surface area (Å²) in [4.78, 5) is 26.6. The van der Waals surface area contributed by atoms with Gasteiger partial charge >= 0.3 is 12.1 Å². The molecule has 1 amide bonds. The average molecular weight is 437 g/mol. The van der Waals surface area contributed by atoms with Crippen LogP contribution in [0.5, 0.6) is 0 Å². The Morgan fingerprint density at radius 3 is 2.53 bits per heavy atom. The zero-order valence-electron chi connectivity index (χ0n) is 17.2. The van der Waals surface area contributed by atoms with Gasteiger partial charge in [-0.3, -0.25) is 14.8 Å². The first-order valence-corrected chi connectivity index (χ1v) is 9.42. The van der Waals surface area contributed by atoms with Gasteiger partial charge in [0.1, 0.15) is 22.9 Å². The van der Waals surface area contributed by atoms with E-state index in [1.807, 2.05) is 0 Å². The number of carboxylic acids is 1. The second-order valence-corrected chi connectivity index (χ2v) is 8.17. The fourth-order valence-electron chi connectivity index (χ4n) is 2.68. The van der Waals surface area contributed by atoms with Crippen LogP contribution in [0.3, 0.4) is 0 Å². The topological polar surface area (TPSA) is 97.8 Å². The van der Waals surface area contributed by atoms with Crippen molar-refractivity contribution in [2.75, 3.05) is 5.32 Å². The van der Waals surface area contributed by atoms with E-state index in [-0.39, 0.29) is 39.4 Å². The first kappa shape index (κ1) is 23.2. The molecule has 0 saturated carbocycles. The van der Waals surface area contributed by atoms with Crippen LogP contribution in [0.4, 0.5) is 20.7 Å². The largest absolute Gasteiger partial charge is 0.481 e. The number of nitrogens with zero attached hydrogens (tertiary/aromatic N) is 3. The Morgan fingerprint density at radius 2 is 2.03 bits per heavy atom. The number of anilines is 1. The van der Waals surface area contributed by atoms with Crippen LogP contribution in [0.15, 0.2) is 12.1 Å².